The molecule has 126 valence electrons. The molecule has 3 rings (SSSR count). The van der Waals surface area contributed by atoms with Gasteiger partial charge in [0, 0.05) is 11.4 Å². The molecule has 0 spiro atoms. The molecule has 1 amide bonds. The number of fused-ring (bicyclic) bond motifs is 2. The highest BCUT2D eigenvalue weighted by Crippen LogP contribution is 2.49. The van der Waals surface area contributed by atoms with Crippen molar-refractivity contribution in [2.75, 3.05) is 11.9 Å². The first-order valence-corrected chi connectivity index (χ1v) is 8.58. The van der Waals surface area contributed by atoms with Gasteiger partial charge in [0.2, 0.25) is 0 Å². The summed E-state index contributed by atoms with van der Waals surface area (Å²) in [6.07, 6.45) is 5.26. The molecule has 2 aliphatic carbocycles. The van der Waals surface area contributed by atoms with Crippen LogP contribution in [0.5, 0.6) is 0 Å². The number of hydrogen-bond donors (Lipinski definition) is 1. The largest absolute Gasteiger partial charge is 0.456 e. The first kappa shape index (κ1) is 16.8. The van der Waals surface area contributed by atoms with E-state index in [1.54, 1.807) is 6.07 Å². The molecule has 1 aromatic carbocycles. The Balaban J connectivity index is 1.46. The van der Waals surface area contributed by atoms with Gasteiger partial charge in [-0.15, -0.1) is 0 Å². The fraction of sp³-hybridized carbons (Fsp3) is 0.500. The van der Waals surface area contributed by atoms with Crippen molar-refractivity contribution in [2.45, 2.75) is 32.1 Å². The maximum Gasteiger partial charge on any atom is 0.306 e. The van der Waals surface area contributed by atoms with Gasteiger partial charge < -0.3 is 10.1 Å². The van der Waals surface area contributed by atoms with Crippen LogP contribution in [0.2, 0.25) is 5.02 Å². The van der Waals surface area contributed by atoms with Gasteiger partial charge in [-0.05, 0) is 55.2 Å². The first-order valence-electron chi connectivity index (χ1n) is 8.20. The number of amides is 1. The summed E-state index contributed by atoms with van der Waals surface area (Å²) >= 11 is 5.86. The van der Waals surface area contributed by atoms with Crippen molar-refractivity contribution in [2.24, 2.45) is 17.8 Å². The second-order valence-electron chi connectivity index (χ2n) is 6.65. The van der Waals surface area contributed by atoms with E-state index in [1.165, 1.54) is 31.4 Å². The topological polar surface area (TPSA) is 79.2 Å². The summed E-state index contributed by atoms with van der Waals surface area (Å²) in [6.45, 7) is -0.350. The number of hydrogen-bond acceptors (Lipinski definition) is 4. The molecule has 2 saturated carbocycles. The molecule has 2 aliphatic rings. The van der Waals surface area contributed by atoms with Gasteiger partial charge in [0.15, 0.2) is 6.61 Å². The number of benzene rings is 1. The van der Waals surface area contributed by atoms with Gasteiger partial charge in [0.05, 0.1) is 11.3 Å². The molecule has 0 radical (unpaired) electrons. The number of carbonyl (C=O) groups is 2. The number of nitriles is 1. The second-order valence-corrected chi connectivity index (χ2v) is 7.09. The number of nitrogens with zero attached hydrogens (tertiary/aromatic N) is 1. The predicted molar refractivity (Wildman–Crippen MR) is 89.3 cm³/mol. The number of halogens is 1. The molecule has 0 unspecified atom stereocenters. The summed E-state index contributed by atoms with van der Waals surface area (Å²) in [5.41, 5.74) is 0.625. The van der Waals surface area contributed by atoms with Gasteiger partial charge in [-0.3, -0.25) is 9.59 Å². The number of anilines is 1. The summed E-state index contributed by atoms with van der Waals surface area (Å²) in [5.74, 6) is 1.05. The lowest BCUT2D eigenvalue weighted by Gasteiger charge is -2.20. The van der Waals surface area contributed by atoms with E-state index in [2.05, 4.69) is 5.32 Å². The van der Waals surface area contributed by atoms with Crippen LogP contribution < -0.4 is 5.32 Å². The number of rotatable bonds is 5. The van der Waals surface area contributed by atoms with Crippen LogP contribution in [0.25, 0.3) is 0 Å². The molecule has 24 heavy (non-hydrogen) atoms. The summed E-state index contributed by atoms with van der Waals surface area (Å²) in [6, 6.07) is 6.57. The minimum Gasteiger partial charge on any atom is -0.456 e. The second kappa shape index (κ2) is 7.23. The van der Waals surface area contributed by atoms with E-state index in [4.69, 9.17) is 21.6 Å². The SMILES string of the molecule is N#Cc1ccc(Cl)cc1NC(=O)COC(=O)C[C@@H]1C[C@@H]2CC[C@@H]1C2. The summed E-state index contributed by atoms with van der Waals surface area (Å²) in [4.78, 5) is 23.9. The van der Waals surface area contributed by atoms with Crippen LogP contribution in [-0.4, -0.2) is 18.5 Å². The molecule has 1 N–H and O–H groups in total. The van der Waals surface area contributed by atoms with Crippen molar-refractivity contribution < 1.29 is 14.3 Å². The van der Waals surface area contributed by atoms with E-state index >= 15 is 0 Å². The Morgan fingerprint density at radius 2 is 2.17 bits per heavy atom. The third kappa shape index (κ3) is 3.88. The Hall–Kier alpha value is -2.06. The van der Waals surface area contributed by atoms with Gasteiger partial charge >= 0.3 is 5.97 Å². The lowest BCUT2D eigenvalue weighted by Crippen LogP contribution is -2.23. The number of esters is 1. The molecule has 0 aliphatic heterocycles. The van der Waals surface area contributed by atoms with Crippen molar-refractivity contribution >= 4 is 29.2 Å². The average Bonchev–Trinajstić information content (AvgIpc) is 3.16. The third-order valence-corrected chi connectivity index (χ3v) is 5.29. The fourth-order valence-corrected chi connectivity index (χ4v) is 4.12. The van der Waals surface area contributed by atoms with E-state index in [-0.39, 0.29) is 12.6 Å². The maximum absolute atomic E-state index is 11.9. The molecular formula is C18H19ClN2O3. The van der Waals surface area contributed by atoms with Crippen LogP contribution >= 0.6 is 11.6 Å². The van der Waals surface area contributed by atoms with Crippen LogP contribution in [0.3, 0.4) is 0 Å². The smallest absolute Gasteiger partial charge is 0.306 e. The summed E-state index contributed by atoms with van der Waals surface area (Å²) in [7, 11) is 0. The monoisotopic (exact) mass is 346 g/mol. The van der Waals surface area contributed by atoms with Crippen LogP contribution in [0.15, 0.2) is 18.2 Å². The van der Waals surface area contributed by atoms with E-state index in [0.29, 0.717) is 34.5 Å². The Kier molecular flexibility index (Phi) is 5.06. The highest BCUT2D eigenvalue weighted by Gasteiger charge is 2.40. The number of ether oxygens (including phenoxy) is 1. The zero-order valence-corrected chi connectivity index (χ0v) is 14.0. The lowest BCUT2D eigenvalue weighted by molar-refractivity contribution is -0.148. The molecular weight excluding hydrogens is 328 g/mol. The molecule has 2 fully saturated rings. The van der Waals surface area contributed by atoms with Crippen LogP contribution in [-0.2, 0) is 14.3 Å². The Bertz CT molecular complexity index is 698. The van der Waals surface area contributed by atoms with E-state index in [9.17, 15) is 9.59 Å². The highest BCUT2D eigenvalue weighted by molar-refractivity contribution is 6.31. The Labute approximate surface area is 145 Å². The van der Waals surface area contributed by atoms with Crippen molar-refractivity contribution in [3.8, 4) is 6.07 Å². The van der Waals surface area contributed by atoms with Crippen LogP contribution in [0.4, 0.5) is 5.69 Å². The fourth-order valence-electron chi connectivity index (χ4n) is 3.95. The zero-order chi connectivity index (χ0) is 17.1. The minimum atomic E-state index is -0.477. The van der Waals surface area contributed by atoms with Gasteiger partial charge in [-0.2, -0.15) is 5.26 Å². The molecule has 5 nitrogen and oxygen atoms in total. The van der Waals surface area contributed by atoms with Gasteiger partial charge in [0.25, 0.3) is 5.91 Å². The summed E-state index contributed by atoms with van der Waals surface area (Å²) < 4.78 is 5.08. The lowest BCUT2D eigenvalue weighted by atomic mass is 9.86. The molecule has 2 bridgehead atoms. The summed E-state index contributed by atoms with van der Waals surface area (Å²) in [5, 5.41) is 12.0. The zero-order valence-electron chi connectivity index (χ0n) is 13.3. The molecule has 0 saturated heterocycles. The van der Waals surface area contributed by atoms with Gasteiger partial charge in [-0.1, -0.05) is 18.0 Å². The first-order chi connectivity index (χ1) is 11.5. The van der Waals surface area contributed by atoms with Crippen molar-refractivity contribution in [1.82, 2.24) is 0 Å². The third-order valence-electron chi connectivity index (χ3n) is 5.05. The molecule has 3 atom stereocenters. The van der Waals surface area contributed by atoms with Crippen molar-refractivity contribution in [3.05, 3.63) is 28.8 Å². The Morgan fingerprint density at radius 3 is 2.83 bits per heavy atom. The normalized spacial score (nSPS) is 24.4. The Morgan fingerprint density at radius 1 is 1.33 bits per heavy atom. The molecule has 0 aromatic heterocycles. The standard InChI is InChI=1S/C18H19ClN2O3/c19-15-4-3-13(9-20)16(8-15)21-17(22)10-24-18(23)7-14-6-11-1-2-12(14)5-11/h3-4,8,11-12,14H,1-2,5-7,10H2,(H,21,22)/t11-,12-,14+/m1/s1. The van der Waals surface area contributed by atoms with Crippen LogP contribution in [0.1, 0.15) is 37.7 Å². The molecule has 1 aromatic rings. The van der Waals surface area contributed by atoms with E-state index in [1.807, 2.05) is 6.07 Å². The van der Waals surface area contributed by atoms with E-state index in [0.717, 1.165) is 12.3 Å². The van der Waals surface area contributed by atoms with E-state index < -0.39 is 5.91 Å². The van der Waals surface area contributed by atoms with Crippen LogP contribution in [0, 0.1) is 29.1 Å². The van der Waals surface area contributed by atoms with Gasteiger partial charge in [-0.25, -0.2) is 0 Å². The van der Waals surface area contributed by atoms with Crippen molar-refractivity contribution in [3.63, 3.8) is 0 Å². The molecule has 6 heteroatoms. The molecule has 0 heterocycles. The number of carbonyl (C=O) groups excluding carboxylic acids is 2. The highest BCUT2D eigenvalue weighted by atomic mass is 35.5. The predicted octanol–water partition coefficient (Wildman–Crippen LogP) is 3.52. The minimum absolute atomic E-state index is 0.307. The average molecular weight is 347 g/mol. The van der Waals surface area contributed by atoms with Crippen molar-refractivity contribution in [1.29, 1.82) is 5.26 Å². The van der Waals surface area contributed by atoms with Gasteiger partial charge in [0.1, 0.15) is 6.07 Å². The number of nitrogens with one attached hydrogen (secondary N) is 1. The maximum atomic E-state index is 11.9. The quantitative estimate of drug-likeness (QED) is 0.827.